The molecule has 25 heavy (non-hydrogen) atoms. The van der Waals surface area contributed by atoms with Gasteiger partial charge in [-0.1, -0.05) is 65.3 Å². The standard InChI is InChI=1S/C12H15ClN2O.C5H12.C2H6.C2H2/c13-11-3-1-10(2-4-11)9-12(16)15-7-5-14-6-8-15;1-5(2,3)4;2*1-2/h1-4,14H,5-9H2;1-4H3;1-2H3;1-2H. The van der Waals surface area contributed by atoms with E-state index < -0.39 is 0 Å². The van der Waals surface area contributed by atoms with Gasteiger partial charge in [-0.25, -0.2) is 0 Å². The van der Waals surface area contributed by atoms with Crippen LogP contribution in [0.15, 0.2) is 24.3 Å². The highest BCUT2D eigenvalue weighted by atomic mass is 35.5. The van der Waals surface area contributed by atoms with Gasteiger partial charge in [0, 0.05) is 31.2 Å². The Morgan fingerprint density at radius 3 is 1.88 bits per heavy atom. The summed E-state index contributed by atoms with van der Waals surface area (Å²) in [5.74, 6) is 0.198. The number of hydrogen-bond acceptors (Lipinski definition) is 2. The van der Waals surface area contributed by atoms with Crippen LogP contribution in [-0.4, -0.2) is 37.0 Å². The van der Waals surface area contributed by atoms with Crippen molar-refractivity contribution >= 4 is 17.5 Å². The first kappa shape index (κ1) is 25.7. The van der Waals surface area contributed by atoms with E-state index in [0.29, 0.717) is 16.9 Å². The van der Waals surface area contributed by atoms with E-state index in [1.165, 1.54) is 0 Å². The first-order valence-corrected chi connectivity index (χ1v) is 9.20. The highest BCUT2D eigenvalue weighted by molar-refractivity contribution is 6.30. The molecule has 2 rings (SSSR count). The summed E-state index contributed by atoms with van der Waals surface area (Å²) in [6.45, 7) is 16.2. The van der Waals surface area contributed by atoms with E-state index in [1.807, 2.05) is 43.0 Å². The maximum Gasteiger partial charge on any atom is 0.227 e. The van der Waals surface area contributed by atoms with Gasteiger partial charge in [0.05, 0.1) is 6.42 Å². The van der Waals surface area contributed by atoms with Gasteiger partial charge in [-0.05, 0) is 23.1 Å². The number of amides is 1. The Labute approximate surface area is 160 Å². The second-order valence-corrected chi connectivity index (χ2v) is 7.37. The minimum absolute atomic E-state index is 0.198. The molecule has 1 fully saturated rings. The molecule has 1 amide bonds. The molecule has 0 aliphatic carbocycles. The lowest BCUT2D eigenvalue weighted by Crippen LogP contribution is -2.46. The zero-order valence-electron chi connectivity index (χ0n) is 16.7. The van der Waals surface area contributed by atoms with Crippen molar-refractivity contribution in [3.63, 3.8) is 0 Å². The van der Waals surface area contributed by atoms with Gasteiger partial charge >= 0.3 is 0 Å². The van der Waals surface area contributed by atoms with Gasteiger partial charge in [0.15, 0.2) is 0 Å². The number of benzene rings is 1. The van der Waals surface area contributed by atoms with E-state index in [2.05, 4.69) is 45.9 Å². The maximum absolute atomic E-state index is 11.9. The van der Waals surface area contributed by atoms with Crippen LogP contribution in [0, 0.1) is 18.3 Å². The van der Waals surface area contributed by atoms with Crippen molar-refractivity contribution in [1.82, 2.24) is 10.2 Å². The number of piperazine rings is 1. The fraction of sp³-hybridized carbons (Fsp3) is 0.571. The van der Waals surface area contributed by atoms with Gasteiger partial charge in [0.2, 0.25) is 5.91 Å². The molecule has 1 aromatic carbocycles. The molecule has 1 N–H and O–H groups in total. The molecule has 3 nitrogen and oxygen atoms in total. The van der Waals surface area contributed by atoms with Crippen LogP contribution in [0.25, 0.3) is 0 Å². The fourth-order valence-electron chi connectivity index (χ4n) is 1.80. The summed E-state index contributed by atoms with van der Waals surface area (Å²) in [4.78, 5) is 13.8. The van der Waals surface area contributed by atoms with E-state index in [1.54, 1.807) is 0 Å². The van der Waals surface area contributed by atoms with Crippen LogP contribution in [0.3, 0.4) is 0 Å². The Bertz CT molecular complexity index is 463. The minimum atomic E-state index is 0.198. The molecule has 0 spiro atoms. The number of carbonyl (C=O) groups excluding carboxylic acids is 1. The van der Waals surface area contributed by atoms with E-state index in [9.17, 15) is 4.79 Å². The molecule has 0 atom stereocenters. The summed E-state index contributed by atoms with van der Waals surface area (Å²) in [5, 5.41) is 3.94. The molecule has 142 valence electrons. The van der Waals surface area contributed by atoms with Crippen LogP contribution in [0.1, 0.15) is 47.1 Å². The summed E-state index contributed by atoms with van der Waals surface area (Å²) < 4.78 is 0. The van der Waals surface area contributed by atoms with Crippen LogP contribution < -0.4 is 5.32 Å². The molecule has 0 unspecified atom stereocenters. The van der Waals surface area contributed by atoms with Crippen molar-refractivity contribution in [3.05, 3.63) is 34.9 Å². The Balaban J connectivity index is 0. The average molecular weight is 367 g/mol. The summed E-state index contributed by atoms with van der Waals surface area (Å²) in [5.41, 5.74) is 1.52. The average Bonchev–Trinajstić information content (AvgIpc) is 2.60. The molecule has 1 heterocycles. The molecule has 1 aliphatic rings. The third-order valence-corrected chi connectivity index (χ3v) is 2.99. The van der Waals surface area contributed by atoms with Crippen LogP contribution in [-0.2, 0) is 11.2 Å². The Hall–Kier alpha value is -1.50. The van der Waals surface area contributed by atoms with E-state index >= 15 is 0 Å². The second-order valence-electron chi connectivity index (χ2n) is 6.93. The zero-order valence-corrected chi connectivity index (χ0v) is 17.5. The van der Waals surface area contributed by atoms with Crippen LogP contribution in [0.5, 0.6) is 0 Å². The van der Waals surface area contributed by atoms with E-state index in [0.717, 1.165) is 31.7 Å². The lowest BCUT2D eigenvalue weighted by atomic mass is 10.0. The largest absolute Gasteiger partial charge is 0.340 e. The molecule has 0 bridgehead atoms. The molecule has 4 heteroatoms. The van der Waals surface area contributed by atoms with Crippen LogP contribution >= 0.6 is 11.6 Å². The molecule has 1 aromatic rings. The molecule has 0 radical (unpaired) electrons. The molecular formula is C21H35ClN2O. The van der Waals surface area contributed by atoms with E-state index in [-0.39, 0.29) is 5.91 Å². The van der Waals surface area contributed by atoms with Crippen LogP contribution in [0.2, 0.25) is 5.02 Å². The third kappa shape index (κ3) is 15.8. The summed E-state index contributed by atoms with van der Waals surface area (Å²) in [6, 6.07) is 7.45. The first-order chi connectivity index (χ1) is 11.8. The van der Waals surface area contributed by atoms with Gasteiger partial charge in [0.25, 0.3) is 0 Å². The van der Waals surface area contributed by atoms with Crippen molar-refractivity contribution in [2.75, 3.05) is 26.2 Å². The Morgan fingerprint density at radius 1 is 1.08 bits per heavy atom. The molecule has 0 aromatic heterocycles. The summed E-state index contributed by atoms with van der Waals surface area (Å²) in [6.07, 6.45) is 8.47. The quantitative estimate of drug-likeness (QED) is 0.773. The van der Waals surface area contributed by atoms with Gasteiger partial charge in [-0.2, -0.15) is 0 Å². The molecule has 1 saturated heterocycles. The number of nitrogens with one attached hydrogen (secondary N) is 1. The normalized spacial score (nSPS) is 13.1. The molecular weight excluding hydrogens is 332 g/mol. The van der Waals surface area contributed by atoms with Gasteiger partial charge in [0.1, 0.15) is 0 Å². The Morgan fingerprint density at radius 2 is 1.48 bits per heavy atom. The first-order valence-electron chi connectivity index (χ1n) is 8.82. The van der Waals surface area contributed by atoms with Crippen molar-refractivity contribution in [1.29, 1.82) is 0 Å². The van der Waals surface area contributed by atoms with Gasteiger partial charge in [-0.15, -0.1) is 12.8 Å². The second kappa shape index (κ2) is 14.8. The number of rotatable bonds is 2. The number of halogens is 1. The molecule has 0 saturated carbocycles. The lowest BCUT2D eigenvalue weighted by Gasteiger charge is -2.27. The lowest BCUT2D eigenvalue weighted by molar-refractivity contribution is -0.131. The topological polar surface area (TPSA) is 32.3 Å². The van der Waals surface area contributed by atoms with Crippen molar-refractivity contribution in [2.45, 2.75) is 48.0 Å². The van der Waals surface area contributed by atoms with Gasteiger partial charge in [-0.3, -0.25) is 4.79 Å². The van der Waals surface area contributed by atoms with Crippen molar-refractivity contribution in [2.24, 2.45) is 5.41 Å². The van der Waals surface area contributed by atoms with Crippen molar-refractivity contribution < 1.29 is 4.79 Å². The van der Waals surface area contributed by atoms with E-state index in [4.69, 9.17) is 11.6 Å². The Kier molecular flexibility index (Phi) is 15.2. The molecule has 1 aliphatic heterocycles. The number of nitrogens with zero attached hydrogens (tertiary/aromatic N) is 1. The zero-order chi connectivity index (χ0) is 19.9. The van der Waals surface area contributed by atoms with Crippen LogP contribution in [0.4, 0.5) is 0 Å². The monoisotopic (exact) mass is 366 g/mol. The number of terminal acetylenes is 1. The number of carbonyl (C=O) groups is 1. The predicted molar refractivity (Wildman–Crippen MR) is 111 cm³/mol. The summed E-state index contributed by atoms with van der Waals surface area (Å²) in [7, 11) is 0. The third-order valence-electron chi connectivity index (χ3n) is 2.74. The predicted octanol–water partition coefficient (Wildman–Crippen LogP) is 4.64. The number of hydrogen-bond donors (Lipinski definition) is 1. The minimum Gasteiger partial charge on any atom is -0.340 e. The SMILES string of the molecule is C#C.CC.CC(C)(C)C.O=C(Cc1ccc(Cl)cc1)N1CCNCC1. The smallest absolute Gasteiger partial charge is 0.227 e. The summed E-state index contributed by atoms with van der Waals surface area (Å²) >= 11 is 5.79. The highest BCUT2D eigenvalue weighted by Crippen LogP contribution is 2.11. The van der Waals surface area contributed by atoms with Crippen molar-refractivity contribution in [3.8, 4) is 12.8 Å². The van der Waals surface area contributed by atoms with Gasteiger partial charge < -0.3 is 10.2 Å². The fourth-order valence-corrected chi connectivity index (χ4v) is 1.93. The maximum atomic E-state index is 11.9. The highest BCUT2D eigenvalue weighted by Gasteiger charge is 2.15.